The number of nitrogens with zero attached hydrogens (tertiary/aromatic N) is 3. The maximum Gasteiger partial charge on any atom is 0.270 e. The van der Waals surface area contributed by atoms with Crippen molar-refractivity contribution in [3.05, 3.63) is 54.1 Å². The second-order valence-corrected chi connectivity index (χ2v) is 6.45. The summed E-state index contributed by atoms with van der Waals surface area (Å²) < 4.78 is 13.9. The standard InChI is InChI=1S/C19H23FN4O/c1-14(2)22-19(25)17-13-15(7-8-21-17)23-9-11-24(12-10-23)18-6-4-3-5-16(18)20/h3-8,13-14H,9-12H2,1-2H3,(H,22,25). The monoisotopic (exact) mass is 342 g/mol. The molecule has 0 bridgehead atoms. The van der Waals surface area contributed by atoms with Gasteiger partial charge in [0.15, 0.2) is 0 Å². The fraction of sp³-hybridized carbons (Fsp3) is 0.368. The lowest BCUT2D eigenvalue weighted by atomic mass is 10.2. The molecule has 2 heterocycles. The Bertz CT molecular complexity index is 742. The van der Waals surface area contributed by atoms with Crippen molar-refractivity contribution in [3.63, 3.8) is 0 Å². The Morgan fingerprint density at radius 3 is 2.48 bits per heavy atom. The van der Waals surface area contributed by atoms with Crippen LogP contribution in [0.1, 0.15) is 24.3 Å². The van der Waals surface area contributed by atoms with E-state index in [4.69, 9.17) is 0 Å². The molecule has 1 N–H and O–H groups in total. The maximum atomic E-state index is 13.9. The van der Waals surface area contributed by atoms with E-state index in [2.05, 4.69) is 20.1 Å². The largest absolute Gasteiger partial charge is 0.368 e. The average molecular weight is 342 g/mol. The first-order valence-corrected chi connectivity index (χ1v) is 8.56. The fourth-order valence-corrected chi connectivity index (χ4v) is 2.99. The summed E-state index contributed by atoms with van der Waals surface area (Å²) in [6.45, 7) is 6.84. The van der Waals surface area contributed by atoms with E-state index in [0.29, 0.717) is 11.4 Å². The molecule has 1 aromatic heterocycles. The van der Waals surface area contributed by atoms with E-state index in [1.54, 1.807) is 12.3 Å². The molecule has 3 rings (SSSR count). The van der Waals surface area contributed by atoms with Gasteiger partial charge < -0.3 is 15.1 Å². The first-order chi connectivity index (χ1) is 12.0. The summed E-state index contributed by atoms with van der Waals surface area (Å²) in [4.78, 5) is 20.5. The Balaban J connectivity index is 1.67. The number of anilines is 2. The number of para-hydroxylation sites is 1. The van der Waals surface area contributed by atoms with Gasteiger partial charge in [0.25, 0.3) is 5.91 Å². The molecule has 1 aliphatic rings. The number of carbonyl (C=O) groups is 1. The van der Waals surface area contributed by atoms with Crippen LogP contribution in [0.25, 0.3) is 0 Å². The Morgan fingerprint density at radius 2 is 1.80 bits per heavy atom. The lowest BCUT2D eigenvalue weighted by Gasteiger charge is -2.37. The van der Waals surface area contributed by atoms with Crippen LogP contribution >= 0.6 is 0 Å². The van der Waals surface area contributed by atoms with Gasteiger partial charge in [-0.25, -0.2) is 4.39 Å². The van der Waals surface area contributed by atoms with Crippen molar-refractivity contribution >= 4 is 17.3 Å². The predicted molar refractivity (Wildman–Crippen MR) is 97.7 cm³/mol. The number of rotatable bonds is 4. The number of piperazine rings is 1. The molecule has 5 nitrogen and oxygen atoms in total. The maximum absolute atomic E-state index is 13.9. The number of halogens is 1. The van der Waals surface area contributed by atoms with E-state index >= 15 is 0 Å². The van der Waals surface area contributed by atoms with Crippen LogP contribution in [-0.2, 0) is 0 Å². The molecule has 1 saturated heterocycles. The summed E-state index contributed by atoms with van der Waals surface area (Å²) >= 11 is 0. The highest BCUT2D eigenvalue weighted by Crippen LogP contribution is 2.23. The molecule has 6 heteroatoms. The quantitative estimate of drug-likeness (QED) is 0.928. The second-order valence-electron chi connectivity index (χ2n) is 6.45. The smallest absolute Gasteiger partial charge is 0.270 e. The molecule has 132 valence electrons. The number of aromatic nitrogens is 1. The summed E-state index contributed by atoms with van der Waals surface area (Å²) in [5, 5.41) is 2.85. The van der Waals surface area contributed by atoms with Crippen LogP contribution in [0.2, 0.25) is 0 Å². The van der Waals surface area contributed by atoms with Gasteiger partial charge in [-0.3, -0.25) is 9.78 Å². The summed E-state index contributed by atoms with van der Waals surface area (Å²) in [5.41, 5.74) is 2.04. The highest BCUT2D eigenvalue weighted by Gasteiger charge is 2.20. The molecule has 0 aliphatic carbocycles. The molecular formula is C19H23FN4O. The third-order valence-corrected chi connectivity index (χ3v) is 4.23. The zero-order valence-corrected chi connectivity index (χ0v) is 14.6. The van der Waals surface area contributed by atoms with E-state index in [0.717, 1.165) is 31.9 Å². The highest BCUT2D eigenvalue weighted by atomic mass is 19.1. The van der Waals surface area contributed by atoms with Gasteiger partial charge in [0, 0.05) is 44.1 Å². The van der Waals surface area contributed by atoms with E-state index in [-0.39, 0.29) is 17.8 Å². The Hall–Kier alpha value is -2.63. The van der Waals surface area contributed by atoms with Gasteiger partial charge in [-0.05, 0) is 38.1 Å². The third kappa shape index (κ3) is 4.07. The molecule has 2 aromatic rings. The van der Waals surface area contributed by atoms with Gasteiger partial charge in [0.05, 0.1) is 5.69 Å². The normalized spacial score (nSPS) is 14.7. The van der Waals surface area contributed by atoms with Crippen LogP contribution in [0, 0.1) is 5.82 Å². The van der Waals surface area contributed by atoms with Crippen molar-refractivity contribution in [2.75, 3.05) is 36.0 Å². The number of benzene rings is 1. The molecule has 1 amide bonds. The zero-order chi connectivity index (χ0) is 17.8. The summed E-state index contributed by atoms with van der Waals surface area (Å²) in [6, 6.07) is 10.7. The van der Waals surface area contributed by atoms with Crippen LogP contribution in [0.3, 0.4) is 0 Å². The molecule has 0 spiro atoms. The highest BCUT2D eigenvalue weighted by molar-refractivity contribution is 5.93. The minimum atomic E-state index is -0.187. The number of carbonyl (C=O) groups excluding carboxylic acids is 1. The van der Waals surface area contributed by atoms with Crippen LogP contribution in [0.15, 0.2) is 42.6 Å². The number of hydrogen-bond acceptors (Lipinski definition) is 4. The van der Waals surface area contributed by atoms with Crippen molar-refractivity contribution in [2.45, 2.75) is 19.9 Å². The average Bonchev–Trinajstić information content (AvgIpc) is 2.62. The van der Waals surface area contributed by atoms with Crippen LogP contribution < -0.4 is 15.1 Å². The van der Waals surface area contributed by atoms with Gasteiger partial charge in [-0.1, -0.05) is 12.1 Å². The SMILES string of the molecule is CC(C)NC(=O)c1cc(N2CCN(c3ccccc3F)CC2)ccn1. The van der Waals surface area contributed by atoms with Gasteiger partial charge in [-0.15, -0.1) is 0 Å². The Morgan fingerprint density at radius 1 is 1.12 bits per heavy atom. The number of amides is 1. The van der Waals surface area contributed by atoms with Gasteiger partial charge in [0.2, 0.25) is 0 Å². The molecule has 0 radical (unpaired) electrons. The first kappa shape index (κ1) is 17.2. The summed E-state index contributed by atoms with van der Waals surface area (Å²) in [7, 11) is 0. The molecule has 1 aromatic carbocycles. The molecule has 1 aliphatic heterocycles. The lowest BCUT2D eigenvalue weighted by Crippen LogP contribution is -2.47. The minimum absolute atomic E-state index is 0.0715. The van der Waals surface area contributed by atoms with Crippen molar-refractivity contribution < 1.29 is 9.18 Å². The van der Waals surface area contributed by atoms with E-state index < -0.39 is 0 Å². The van der Waals surface area contributed by atoms with Gasteiger partial charge in [0.1, 0.15) is 11.5 Å². The van der Waals surface area contributed by atoms with E-state index in [1.165, 1.54) is 6.07 Å². The summed E-state index contributed by atoms with van der Waals surface area (Å²) in [6.07, 6.45) is 1.66. The first-order valence-electron chi connectivity index (χ1n) is 8.56. The van der Waals surface area contributed by atoms with Crippen molar-refractivity contribution in [1.29, 1.82) is 0 Å². The molecule has 0 unspecified atom stereocenters. The summed E-state index contributed by atoms with van der Waals surface area (Å²) in [5.74, 6) is -0.352. The fourth-order valence-electron chi connectivity index (χ4n) is 2.99. The second kappa shape index (κ2) is 7.51. The number of pyridine rings is 1. The molecule has 0 saturated carbocycles. The number of nitrogens with one attached hydrogen (secondary N) is 1. The van der Waals surface area contributed by atoms with Gasteiger partial charge in [-0.2, -0.15) is 0 Å². The Kier molecular flexibility index (Phi) is 5.16. The van der Waals surface area contributed by atoms with Crippen molar-refractivity contribution in [2.24, 2.45) is 0 Å². The van der Waals surface area contributed by atoms with Crippen molar-refractivity contribution in [1.82, 2.24) is 10.3 Å². The lowest BCUT2D eigenvalue weighted by molar-refractivity contribution is 0.0938. The third-order valence-electron chi connectivity index (χ3n) is 4.23. The van der Waals surface area contributed by atoms with Gasteiger partial charge >= 0.3 is 0 Å². The predicted octanol–water partition coefficient (Wildman–Crippen LogP) is 2.69. The van der Waals surface area contributed by atoms with Crippen LogP contribution in [0.4, 0.5) is 15.8 Å². The number of hydrogen-bond donors (Lipinski definition) is 1. The molecule has 25 heavy (non-hydrogen) atoms. The Labute approximate surface area is 147 Å². The van der Waals surface area contributed by atoms with E-state index in [9.17, 15) is 9.18 Å². The molecule has 1 fully saturated rings. The molecule has 0 atom stereocenters. The van der Waals surface area contributed by atoms with Crippen LogP contribution in [-0.4, -0.2) is 43.1 Å². The zero-order valence-electron chi connectivity index (χ0n) is 14.6. The van der Waals surface area contributed by atoms with E-state index in [1.807, 2.05) is 38.1 Å². The van der Waals surface area contributed by atoms with Crippen LogP contribution in [0.5, 0.6) is 0 Å². The topological polar surface area (TPSA) is 48.5 Å². The minimum Gasteiger partial charge on any atom is -0.368 e. The molecular weight excluding hydrogens is 319 g/mol. The van der Waals surface area contributed by atoms with Crippen molar-refractivity contribution in [3.8, 4) is 0 Å².